The molecule has 0 saturated carbocycles. The number of thiazole rings is 1. The van der Waals surface area contributed by atoms with Gasteiger partial charge in [-0.2, -0.15) is 0 Å². The molecule has 4 rings (SSSR count). The van der Waals surface area contributed by atoms with E-state index in [9.17, 15) is 8.42 Å². The third kappa shape index (κ3) is 3.65. The molecule has 1 aliphatic heterocycles. The van der Waals surface area contributed by atoms with Crippen molar-refractivity contribution in [1.82, 2.24) is 19.0 Å². The smallest absolute Gasteiger partial charge is 0.260 e. The zero-order valence-corrected chi connectivity index (χ0v) is 16.4. The zero-order valence-electron chi connectivity index (χ0n) is 14.0. The van der Waals surface area contributed by atoms with Gasteiger partial charge >= 0.3 is 0 Å². The highest BCUT2D eigenvalue weighted by Gasteiger charge is 2.30. The Bertz CT molecular complexity index is 1000. The van der Waals surface area contributed by atoms with E-state index in [1.807, 2.05) is 18.2 Å². The summed E-state index contributed by atoms with van der Waals surface area (Å²) in [5.41, 5.74) is 1.23. The fraction of sp³-hybridized carbons (Fsp3) is 0.353. The lowest BCUT2D eigenvalue weighted by atomic mass is 10.1. The number of rotatable bonds is 5. The van der Waals surface area contributed by atoms with Crippen LogP contribution >= 0.6 is 22.9 Å². The minimum Gasteiger partial charge on any atom is -0.298 e. The highest BCUT2D eigenvalue weighted by atomic mass is 35.5. The van der Waals surface area contributed by atoms with Crippen LogP contribution in [0.2, 0.25) is 5.15 Å². The van der Waals surface area contributed by atoms with Crippen LogP contribution in [-0.2, 0) is 16.6 Å². The summed E-state index contributed by atoms with van der Waals surface area (Å²) in [7, 11) is -3.74. The first-order valence-corrected chi connectivity index (χ1v) is 11.2. The number of aromatic nitrogens is 2. The Labute approximate surface area is 161 Å². The molecule has 138 valence electrons. The van der Waals surface area contributed by atoms with Gasteiger partial charge in [0.1, 0.15) is 0 Å². The second-order valence-corrected chi connectivity index (χ2v) is 9.30. The zero-order chi connectivity index (χ0) is 18.1. The number of nitrogens with one attached hydrogen (secondary N) is 1. The number of hydrogen-bond donors (Lipinski definition) is 1. The van der Waals surface area contributed by atoms with Crippen LogP contribution in [-0.4, -0.2) is 41.8 Å². The molecule has 9 heteroatoms. The molecule has 6 nitrogen and oxygen atoms in total. The summed E-state index contributed by atoms with van der Waals surface area (Å²) >= 11 is 7.45. The standard InChI is InChI=1S/C17H19ClN4O2S2/c18-15-16(22-9-10-25-17(22)19-15)26(23,24)20-14-7-4-8-21(12-14)11-13-5-2-1-3-6-13/h1-3,5-6,9-10,14,20H,4,7-8,11-12H2. The van der Waals surface area contributed by atoms with Gasteiger partial charge in [-0.3, -0.25) is 9.30 Å². The van der Waals surface area contributed by atoms with Crippen LogP contribution in [0.15, 0.2) is 46.9 Å². The highest BCUT2D eigenvalue weighted by Crippen LogP contribution is 2.26. The van der Waals surface area contributed by atoms with E-state index in [1.165, 1.54) is 21.3 Å². The third-order valence-corrected chi connectivity index (χ3v) is 7.18. The number of hydrogen-bond acceptors (Lipinski definition) is 5. The maximum absolute atomic E-state index is 12.9. The minimum absolute atomic E-state index is 0.0151. The van der Waals surface area contributed by atoms with Gasteiger partial charge in [0.2, 0.25) is 0 Å². The summed E-state index contributed by atoms with van der Waals surface area (Å²) in [6, 6.07) is 10.1. The Hall–Kier alpha value is -1.45. The molecule has 1 atom stereocenters. The molecule has 2 aromatic heterocycles. The van der Waals surface area contributed by atoms with Crippen molar-refractivity contribution < 1.29 is 8.42 Å². The van der Waals surface area contributed by atoms with E-state index in [-0.39, 0.29) is 16.2 Å². The molecular formula is C17H19ClN4O2S2. The van der Waals surface area contributed by atoms with E-state index in [0.717, 1.165) is 25.9 Å². The molecule has 0 bridgehead atoms. The van der Waals surface area contributed by atoms with Crippen LogP contribution in [0.5, 0.6) is 0 Å². The predicted molar refractivity (Wildman–Crippen MR) is 103 cm³/mol. The van der Waals surface area contributed by atoms with Crippen LogP contribution in [0.1, 0.15) is 18.4 Å². The topological polar surface area (TPSA) is 66.7 Å². The summed E-state index contributed by atoms with van der Waals surface area (Å²) in [6.07, 6.45) is 3.44. The van der Waals surface area contributed by atoms with E-state index in [2.05, 4.69) is 26.7 Å². The SMILES string of the molecule is O=S(=O)(NC1CCCN(Cc2ccccc2)C1)c1c(Cl)nc2sccn12. The molecule has 0 aliphatic carbocycles. The number of sulfonamides is 1. The van der Waals surface area contributed by atoms with Crippen LogP contribution in [0.3, 0.4) is 0 Å². The number of fused-ring (bicyclic) bond motifs is 1. The molecule has 1 unspecified atom stereocenters. The van der Waals surface area contributed by atoms with Gasteiger partial charge in [-0.05, 0) is 24.9 Å². The third-order valence-electron chi connectivity index (χ3n) is 4.51. The predicted octanol–water partition coefficient (Wildman–Crippen LogP) is 2.99. The second-order valence-electron chi connectivity index (χ2n) is 6.44. The van der Waals surface area contributed by atoms with Crippen molar-refractivity contribution in [3.05, 3.63) is 52.6 Å². The summed E-state index contributed by atoms with van der Waals surface area (Å²) < 4.78 is 30.1. The lowest BCUT2D eigenvalue weighted by molar-refractivity contribution is 0.194. The molecule has 1 saturated heterocycles. The molecule has 1 N–H and O–H groups in total. The van der Waals surface area contributed by atoms with Crippen LogP contribution < -0.4 is 4.72 Å². The molecule has 1 aromatic carbocycles. The van der Waals surface area contributed by atoms with Gasteiger partial charge in [0, 0.05) is 30.7 Å². The summed E-state index contributed by atoms with van der Waals surface area (Å²) in [5, 5.41) is 1.83. The van der Waals surface area contributed by atoms with Crippen LogP contribution in [0, 0.1) is 0 Å². The summed E-state index contributed by atoms with van der Waals surface area (Å²) in [6.45, 7) is 2.47. The maximum atomic E-state index is 12.9. The lowest BCUT2D eigenvalue weighted by Gasteiger charge is -2.32. The van der Waals surface area contributed by atoms with Gasteiger partial charge in [0.15, 0.2) is 15.1 Å². The number of piperidine rings is 1. The first-order chi connectivity index (χ1) is 12.5. The number of imidazole rings is 1. The molecule has 3 aromatic rings. The Morgan fingerprint density at radius 2 is 2.12 bits per heavy atom. The summed E-state index contributed by atoms with van der Waals surface area (Å²) in [5.74, 6) is 0. The average molecular weight is 411 g/mol. The van der Waals surface area contributed by atoms with Gasteiger partial charge in [-0.25, -0.2) is 18.1 Å². The quantitative estimate of drug-likeness (QED) is 0.702. The normalized spacial score (nSPS) is 19.2. The van der Waals surface area contributed by atoms with Crippen molar-refractivity contribution >= 4 is 37.9 Å². The molecule has 0 radical (unpaired) electrons. The van der Waals surface area contributed by atoms with E-state index < -0.39 is 10.0 Å². The number of benzene rings is 1. The Balaban J connectivity index is 1.49. The van der Waals surface area contributed by atoms with Crippen molar-refractivity contribution in [2.24, 2.45) is 0 Å². The van der Waals surface area contributed by atoms with Gasteiger partial charge in [0.25, 0.3) is 10.0 Å². The fourth-order valence-electron chi connectivity index (χ4n) is 3.39. The molecule has 0 spiro atoms. The van der Waals surface area contributed by atoms with E-state index in [4.69, 9.17) is 11.6 Å². The lowest BCUT2D eigenvalue weighted by Crippen LogP contribution is -2.47. The number of nitrogens with zero attached hydrogens (tertiary/aromatic N) is 3. The molecule has 26 heavy (non-hydrogen) atoms. The largest absolute Gasteiger partial charge is 0.298 e. The van der Waals surface area contributed by atoms with Gasteiger partial charge in [0.05, 0.1) is 0 Å². The fourth-order valence-corrected chi connectivity index (χ4v) is 6.11. The first kappa shape index (κ1) is 17.9. The van der Waals surface area contributed by atoms with Gasteiger partial charge in [-0.1, -0.05) is 41.9 Å². The monoisotopic (exact) mass is 410 g/mol. The van der Waals surface area contributed by atoms with Gasteiger partial charge < -0.3 is 0 Å². The second kappa shape index (κ2) is 7.28. The summed E-state index contributed by atoms with van der Waals surface area (Å²) in [4.78, 5) is 6.98. The highest BCUT2D eigenvalue weighted by molar-refractivity contribution is 7.89. The van der Waals surface area contributed by atoms with Crippen LogP contribution in [0.25, 0.3) is 4.96 Å². The van der Waals surface area contributed by atoms with E-state index >= 15 is 0 Å². The van der Waals surface area contributed by atoms with Gasteiger partial charge in [-0.15, -0.1) is 11.3 Å². The van der Waals surface area contributed by atoms with E-state index in [0.29, 0.717) is 11.5 Å². The number of halogens is 1. The van der Waals surface area contributed by atoms with Crippen molar-refractivity contribution in [3.8, 4) is 0 Å². The molecule has 1 aliphatic rings. The van der Waals surface area contributed by atoms with Crippen molar-refractivity contribution in [3.63, 3.8) is 0 Å². The van der Waals surface area contributed by atoms with Crippen molar-refractivity contribution in [2.75, 3.05) is 13.1 Å². The first-order valence-electron chi connectivity index (χ1n) is 8.42. The Morgan fingerprint density at radius 3 is 2.92 bits per heavy atom. The average Bonchev–Trinajstić information content (AvgIpc) is 3.15. The number of likely N-dealkylation sites (tertiary alicyclic amines) is 1. The Kier molecular flexibility index (Phi) is 5.02. The molecule has 3 heterocycles. The van der Waals surface area contributed by atoms with Crippen LogP contribution in [0.4, 0.5) is 0 Å². The molecule has 1 fully saturated rings. The van der Waals surface area contributed by atoms with Crippen molar-refractivity contribution in [2.45, 2.75) is 30.5 Å². The minimum atomic E-state index is -3.74. The molecule has 0 amide bonds. The molecular weight excluding hydrogens is 392 g/mol. The van der Waals surface area contributed by atoms with Crippen molar-refractivity contribution in [1.29, 1.82) is 0 Å². The Morgan fingerprint density at radius 1 is 1.31 bits per heavy atom. The van der Waals surface area contributed by atoms with E-state index in [1.54, 1.807) is 11.6 Å². The maximum Gasteiger partial charge on any atom is 0.260 e.